The van der Waals surface area contributed by atoms with Crippen LogP contribution in [0, 0.1) is 0 Å². The van der Waals surface area contributed by atoms with Gasteiger partial charge >= 0.3 is 6.18 Å². The van der Waals surface area contributed by atoms with Gasteiger partial charge in [-0.1, -0.05) is 11.6 Å². The lowest BCUT2D eigenvalue weighted by atomic mass is 10.00. The number of hydrogen-bond acceptors (Lipinski definition) is 4. The van der Waals surface area contributed by atoms with Crippen LogP contribution in [0.3, 0.4) is 0 Å². The van der Waals surface area contributed by atoms with Gasteiger partial charge in [0.2, 0.25) is 0 Å². The predicted octanol–water partition coefficient (Wildman–Crippen LogP) is 4.16. The molecule has 2 aromatic rings. The minimum absolute atomic E-state index is 0.0353. The molecular weight excluding hydrogens is 433 g/mol. The van der Waals surface area contributed by atoms with Crippen LogP contribution in [-0.2, 0) is 10.9 Å². The van der Waals surface area contributed by atoms with E-state index in [1.165, 1.54) is 24.3 Å². The number of carbonyl (C=O) groups is 1. The maximum absolute atomic E-state index is 13.8. The molecule has 10 heteroatoms. The van der Waals surface area contributed by atoms with Gasteiger partial charge in [-0.3, -0.25) is 9.69 Å². The summed E-state index contributed by atoms with van der Waals surface area (Å²) in [6.07, 6.45) is -3.76. The maximum atomic E-state index is 13.8. The van der Waals surface area contributed by atoms with Crippen molar-refractivity contribution in [2.45, 2.75) is 51.6 Å². The molecule has 1 N–H and O–H groups in total. The van der Waals surface area contributed by atoms with Crippen LogP contribution in [0.4, 0.5) is 13.2 Å². The van der Waals surface area contributed by atoms with Crippen molar-refractivity contribution in [2.24, 2.45) is 0 Å². The van der Waals surface area contributed by atoms with Crippen LogP contribution in [0.5, 0.6) is 0 Å². The fourth-order valence-electron chi connectivity index (χ4n) is 3.74. The first-order valence-electron chi connectivity index (χ1n) is 9.98. The highest BCUT2D eigenvalue weighted by Crippen LogP contribution is 2.34. The lowest BCUT2D eigenvalue weighted by Gasteiger charge is -2.45. The van der Waals surface area contributed by atoms with E-state index in [9.17, 15) is 18.0 Å². The van der Waals surface area contributed by atoms with Crippen molar-refractivity contribution in [3.8, 4) is 5.69 Å². The molecule has 0 radical (unpaired) electrons. The van der Waals surface area contributed by atoms with E-state index in [1.54, 1.807) is 0 Å². The zero-order chi connectivity index (χ0) is 23.0. The van der Waals surface area contributed by atoms with E-state index < -0.39 is 28.9 Å². The third-order valence-corrected chi connectivity index (χ3v) is 5.56. The number of aromatic nitrogens is 2. The van der Waals surface area contributed by atoms with E-state index >= 15 is 0 Å². The first-order valence-corrected chi connectivity index (χ1v) is 10.4. The Balaban J connectivity index is 1.81. The Morgan fingerprint density at radius 1 is 1.19 bits per heavy atom. The molecule has 0 spiro atoms. The summed E-state index contributed by atoms with van der Waals surface area (Å²) in [6.45, 7) is 9.36. The second-order valence-electron chi connectivity index (χ2n) is 8.45. The van der Waals surface area contributed by atoms with E-state index in [0.717, 1.165) is 6.20 Å². The zero-order valence-electron chi connectivity index (χ0n) is 17.8. The van der Waals surface area contributed by atoms with E-state index in [2.05, 4.69) is 15.3 Å². The van der Waals surface area contributed by atoms with E-state index in [1.807, 2.05) is 27.7 Å². The molecule has 0 bridgehead atoms. The summed E-state index contributed by atoms with van der Waals surface area (Å²) in [5.74, 6) is -0.824. The fraction of sp³-hybridized carbons (Fsp3) is 0.524. The molecule has 170 valence electrons. The first-order chi connectivity index (χ1) is 14.4. The summed E-state index contributed by atoms with van der Waals surface area (Å²) < 4.78 is 47.9. The van der Waals surface area contributed by atoms with E-state index in [4.69, 9.17) is 16.3 Å². The summed E-state index contributed by atoms with van der Waals surface area (Å²) in [6, 6.07) is 5.75. The predicted molar refractivity (Wildman–Crippen MR) is 112 cm³/mol. The molecule has 0 unspecified atom stereocenters. The van der Waals surface area contributed by atoms with Crippen LogP contribution in [0.15, 0.2) is 30.5 Å². The summed E-state index contributed by atoms with van der Waals surface area (Å²) in [7, 11) is 0. The quantitative estimate of drug-likeness (QED) is 0.731. The molecule has 0 saturated carbocycles. The Hall–Kier alpha value is -2.10. The molecule has 1 aliphatic heterocycles. The number of carbonyl (C=O) groups excluding carboxylic acids is 1. The molecule has 3 rings (SSSR count). The Labute approximate surface area is 184 Å². The van der Waals surface area contributed by atoms with Crippen LogP contribution < -0.4 is 5.32 Å². The minimum atomic E-state index is -4.77. The average Bonchev–Trinajstić information content (AvgIpc) is 3.12. The van der Waals surface area contributed by atoms with Crippen LogP contribution in [0.25, 0.3) is 5.69 Å². The molecule has 6 nitrogen and oxygen atoms in total. The Morgan fingerprint density at radius 3 is 2.32 bits per heavy atom. The smallest absolute Gasteiger partial charge is 0.373 e. The van der Waals surface area contributed by atoms with Gasteiger partial charge in [0.25, 0.3) is 5.91 Å². The number of morpholine rings is 1. The summed E-state index contributed by atoms with van der Waals surface area (Å²) in [4.78, 5) is 14.9. The number of alkyl halides is 3. The van der Waals surface area contributed by atoms with Crippen molar-refractivity contribution in [1.29, 1.82) is 0 Å². The lowest BCUT2D eigenvalue weighted by Crippen LogP contribution is -2.58. The monoisotopic (exact) mass is 458 g/mol. The minimum Gasteiger partial charge on any atom is -0.373 e. The van der Waals surface area contributed by atoms with E-state index in [-0.39, 0.29) is 24.4 Å². The van der Waals surface area contributed by atoms with E-state index in [0.29, 0.717) is 22.8 Å². The van der Waals surface area contributed by atoms with Crippen LogP contribution in [-0.4, -0.2) is 58.0 Å². The number of ether oxygens (including phenoxy) is 1. The number of benzene rings is 1. The molecule has 2 atom stereocenters. The molecule has 1 saturated heterocycles. The van der Waals surface area contributed by atoms with Gasteiger partial charge in [-0.15, -0.1) is 0 Å². The average molecular weight is 459 g/mol. The van der Waals surface area contributed by atoms with Crippen molar-refractivity contribution in [1.82, 2.24) is 20.0 Å². The summed E-state index contributed by atoms with van der Waals surface area (Å²) >= 11 is 5.82. The summed E-state index contributed by atoms with van der Waals surface area (Å²) in [5, 5.41) is 6.87. The van der Waals surface area contributed by atoms with Gasteiger partial charge in [0.15, 0.2) is 5.69 Å². The van der Waals surface area contributed by atoms with Gasteiger partial charge in [-0.2, -0.15) is 18.3 Å². The van der Waals surface area contributed by atoms with Crippen molar-refractivity contribution in [3.63, 3.8) is 0 Å². The van der Waals surface area contributed by atoms with Gasteiger partial charge in [0, 0.05) is 30.2 Å². The van der Waals surface area contributed by atoms with Crippen molar-refractivity contribution >= 4 is 17.5 Å². The Bertz CT molecular complexity index is 918. The van der Waals surface area contributed by atoms with Crippen LogP contribution >= 0.6 is 11.6 Å². The molecule has 0 aliphatic carbocycles. The largest absolute Gasteiger partial charge is 0.434 e. The molecule has 1 fully saturated rings. The van der Waals surface area contributed by atoms with Crippen LogP contribution in [0.1, 0.15) is 43.7 Å². The normalized spacial score (nSPS) is 20.6. The fourth-order valence-corrected chi connectivity index (χ4v) is 3.87. The number of amides is 1. The molecule has 1 aliphatic rings. The number of nitrogens with zero attached hydrogens (tertiary/aromatic N) is 3. The number of halogens is 4. The SMILES string of the molecule is C[C@@H]1CN(C(C)(C)CNC(=O)c2cnn(-c3ccc(Cl)cc3)c2C(F)(F)F)C[C@H](C)O1. The molecule has 2 heterocycles. The van der Waals surface area contributed by atoms with Gasteiger partial charge in [0.1, 0.15) is 0 Å². The highest BCUT2D eigenvalue weighted by atomic mass is 35.5. The molecule has 1 aromatic carbocycles. The second kappa shape index (κ2) is 8.80. The molecule has 1 aromatic heterocycles. The molecular formula is C21H26ClF3N4O2. The number of hydrogen-bond donors (Lipinski definition) is 1. The van der Waals surface area contributed by atoms with Gasteiger partial charge in [-0.25, -0.2) is 4.68 Å². The Kier molecular flexibility index (Phi) is 6.69. The topological polar surface area (TPSA) is 59.4 Å². The third kappa shape index (κ3) is 5.39. The molecule has 1 amide bonds. The number of nitrogens with one attached hydrogen (secondary N) is 1. The molecule has 31 heavy (non-hydrogen) atoms. The zero-order valence-corrected chi connectivity index (χ0v) is 18.6. The number of rotatable bonds is 5. The van der Waals surface area contributed by atoms with Gasteiger partial charge in [-0.05, 0) is 52.0 Å². The van der Waals surface area contributed by atoms with Gasteiger partial charge in [0.05, 0.1) is 29.7 Å². The third-order valence-electron chi connectivity index (χ3n) is 5.31. The van der Waals surface area contributed by atoms with Crippen molar-refractivity contribution in [2.75, 3.05) is 19.6 Å². The lowest BCUT2D eigenvalue weighted by molar-refractivity contribution is -0.143. The highest BCUT2D eigenvalue weighted by Gasteiger charge is 2.41. The van der Waals surface area contributed by atoms with Crippen molar-refractivity contribution < 1.29 is 22.7 Å². The maximum Gasteiger partial charge on any atom is 0.434 e. The van der Waals surface area contributed by atoms with Crippen LogP contribution in [0.2, 0.25) is 5.02 Å². The summed E-state index contributed by atoms with van der Waals surface area (Å²) in [5.41, 5.74) is -1.96. The standard InChI is InChI=1S/C21H26ClF3N4O2/c1-13-10-28(11-14(2)31-13)20(3,4)12-26-19(30)17-9-27-29(18(17)21(23,24)25)16-7-5-15(22)6-8-16/h5-9,13-14H,10-12H2,1-4H3,(H,26,30)/t13-,14+. The second-order valence-corrected chi connectivity index (χ2v) is 8.89. The van der Waals surface area contributed by atoms with Gasteiger partial charge < -0.3 is 10.1 Å². The highest BCUT2D eigenvalue weighted by molar-refractivity contribution is 6.30. The Morgan fingerprint density at radius 2 is 1.77 bits per heavy atom. The first kappa shape index (κ1) is 23.6. The van der Waals surface area contributed by atoms with Crippen molar-refractivity contribution in [3.05, 3.63) is 46.7 Å².